The summed E-state index contributed by atoms with van der Waals surface area (Å²) in [5.74, 6) is 0.706. The number of hydrogen-bond acceptors (Lipinski definition) is 3. The molecule has 0 amide bonds. The van der Waals surface area contributed by atoms with Gasteiger partial charge < -0.3 is 9.13 Å². The van der Waals surface area contributed by atoms with E-state index >= 15 is 0 Å². The molecule has 0 N–H and O–H groups in total. The summed E-state index contributed by atoms with van der Waals surface area (Å²) in [6.07, 6.45) is 0. The van der Waals surface area contributed by atoms with Crippen molar-refractivity contribution < 1.29 is 0 Å². The minimum atomic E-state index is 0.706. The summed E-state index contributed by atoms with van der Waals surface area (Å²) in [6.45, 7) is 0. The molecule has 0 spiro atoms. The average Bonchev–Trinajstić information content (AvgIpc) is 3.92. The number of thiophene rings is 1. The van der Waals surface area contributed by atoms with Gasteiger partial charge in [-0.25, -0.2) is 9.97 Å². The first-order valence-electron chi connectivity index (χ1n) is 18.6. The molecule has 0 saturated heterocycles. The molecule has 12 rings (SSSR count). The molecule has 0 aliphatic carbocycles. The molecular formula is C50H30N4S. The lowest BCUT2D eigenvalue weighted by molar-refractivity contribution is 1.17. The Hall–Kier alpha value is -7.08. The molecular weight excluding hydrogens is 689 g/mol. The molecule has 0 unspecified atom stereocenters. The van der Waals surface area contributed by atoms with Crippen LogP contribution in [0.4, 0.5) is 0 Å². The SMILES string of the molecule is c1ccc(-c2nc(-c3cccc(-n4c5ccccc5c5c6c7ccccc7sc6c6c(c7ccccc7n6-c6ccccc6)c54)c3)nc3ccccc23)cc1. The van der Waals surface area contributed by atoms with E-state index in [9.17, 15) is 0 Å². The van der Waals surface area contributed by atoms with E-state index in [1.165, 1.54) is 63.8 Å². The number of rotatable bonds is 4. The average molecular weight is 719 g/mol. The van der Waals surface area contributed by atoms with E-state index < -0.39 is 0 Å². The molecule has 5 heteroatoms. The van der Waals surface area contributed by atoms with Gasteiger partial charge in [-0.3, -0.25) is 0 Å². The number of nitrogens with zero attached hydrogens (tertiary/aromatic N) is 4. The summed E-state index contributed by atoms with van der Waals surface area (Å²) in [5, 5.41) is 8.64. The van der Waals surface area contributed by atoms with Gasteiger partial charge in [0.2, 0.25) is 0 Å². The lowest BCUT2D eigenvalue weighted by Gasteiger charge is -2.13. The maximum absolute atomic E-state index is 5.26. The zero-order valence-corrected chi connectivity index (χ0v) is 30.3. The number of hydrogen-bond donors (Lipinski definition) is 0. The topological polar surface area (TPSA) is 35.6 Å². The van der Waals surface area contributed by atoms with Crippen LogP contribution in [-0.4, -0.2) is 19.1 Å². The van der Waals surface area contributed by atoms with Gasteiger partial charge >= 0.3 is 0 Å². The smallest absolute Gasteiger partial charge is 0.160 e. The van der Waals surface area contributed by atoms with Gasteiger partial charge in [-0.05, 0) is 48.5 Å². The molecule has 0 bridgehead atoms. The highest BCUT2D eigenvalue weighted by atomic mass is 32.1. The van der Waals surface area contributed by atoms with E-state index in [4.69, 9.17) is 9.97 Å². The number of aromatic nitrogens is 4. The summed E-state index contributed by atoms with van der Waals surface area (Å²) >= 11 is 1.90. The van der Waals surface area contributed by atoms with Crippen LogP contribution < -0.4 is 0 Å². The normalized spacial score (nSPS) is 12.0. The third kappa shape index (κ3) is 4.39. The second-order valence-corrected chi connectivity index (χ2v) is 15.2. The van der Waals surface area contributed by atoms with Crippen LogP contribution >= 0.6 is 11.3 Å². The van der Waals surface area contributed by atoms with Crippen molar-refractivity contribution in [2.45, 2.75) is 0 Å². The van der Waals surface area contributed by atoms with E-state index in [0.29, 0.717) is 5.82 Å². The molecule has 4 heterocycles. The van der Waals surface area contributed by atoms with Crippen LogP contribution in [0.15, 0.2) is 182 Å². The Kier molecular flexibility index (Phi) is 6.47. The zero-order valence-electron chi connectivity index (χ0n) is 29.5. The van der Waals surface area contributed by atoms with Crippen LogP contribution in [0.2, 0.25) is 0 Å². The standard InChI is InChI=1S/C50H30N4S/c1-3-16-31(17-4-1)46-35-22-7-11-26-39(35)51-50(52-46)32-18-15-21-34(30-32)54-40-27-12-8-23-36(40)43-44-38-25-10-14-29-42(38)55-49(44)48-45(47(43)54)37-24-9-13-28-41(37)53(48)33-19-5-2-6-20-33/h1-30H. The van der Waals surface area contributed by atoms with E-state index in [0.717, 1.165) is 39.1 Å². The van der Waals surface area contributed by atoms with Crippen molar-refractivity contribution in [2.75, 3.05) is 0 Å². The number of para-hydroxylation sites is 4. The predicted molar refractivity (Wildman–Crippen MR) is 232 cm³/mol. The van der Waals surface area contributed by atoms with Crippen LogP contribution in [0, 0.1) is 0 Å². The first-order valence-corrected chi connectivity index (χ1v) is 19.4. The second-order valence-electron chi connectivity index (χ2n) is 14.1. The van der Waals surface area contributed by atoms with Gasteiger partial charge in [0.1, 0.15) is 0 Å². The van der Waals surface area contributed by atoms with Gasteiger partial charge in [0.15, 0.2) is 5.82 Å². The lowest BCUT2D eigenvalue weighted by Crippen LogP contribution is -1.98. The van der Waals surface area contributed by atoms with Crippen LogP contribution in [-0.2, 0) is 0 Å². The molecule has 4 nitrogen and oxygen atoms in total. The van der Waals surface area contributed by atoms with Crippen LogP contribution in [0.25, 0.3) is 109 Å². The van der Waals surface area contributed by atoms with Crippen LogP contribution in [0.5, 0.6) is 0 Å². The van der Waals surface area contributed by atoms with Crippen LogP contribution in [0.1, 0.15) is 0 Å². The molecule has 8 aromatic carbocycles. The third-order valence-electron chi connectivity index (χ3n) is 11.1. The molecule has 0 saturated carbocycles. The lowest BCUT2D eigenvalue weighted by atomic mass is 10.0. The Morgan fingerprint density at radius 2 is 0.982 bits per heavy atom. The molecule has 0 aliphatic rings. The Balaban J connectivity index is 1.24. The molecule has 0 atom stereocenters. The highest BCUT2D eigenvalue weighted by molar-refractivity contribution is 7.27. The predicted octanol–water partition coefficient (Wildman–Crippen LogP) is 13.5. The van der Waals surface area contributed by atoms with Crippen molar-refractivity contribution in [1.82, 2.24) is 19.1 Å². The van der Waals surface area contributed by atoms with E-state index in [1.807, 2.05) is 17.4 Å². The van der Waals surface area contributed by atoms with E-state index in [-0.39, 0.29) is 0 Å². The zero-order chi connectivity index (χ0) is 36.0. The largest absolute Gasteiger partial charge is 0.308 e. The fourth-order valence-corrected chi connectivity index (χ4v) is 10.1. The first kappa shape index (κ1) is 30.4. The minimum Gasteiger partial charge on any atom is -0.308 e. The third-order valence-corrected chi connectivity index (χ3v) is 12.3. The number of benzene rings is 8. The maximum Gasteiger partial charge on any atom is 0.160 e. The number of fused-ring (bicyclic) bond motifs is 13. The summed E-state index contributed by atoms with van der Waals surface area (Å²) < 4.78 is 7.56. The van der Waals surface area contributed by atoms with E-state index in [2.05, 4.69) is 185 Å². The van der Waals surface area contributed by atoms with Gasteiger partial charge in [0, 0.05) is 64.9 Å². The van der Waals surface area contributed by atoms with Crippen molar-refractivity contribution in [3.05, 3.63) is 182 Å². The Labute approximate surface area is 319 Å². The molecule has 0 fully saturated rings. The molecule has 256 valence electrons. The Bertz CT molecular complexity index is 3480. The summed E-state index contributed by atoms with van der Waals surface area (Å²) in [7, 11) is 0. The van der Waals surface area contributed by atoms with Gasteiger partial charge in [0.05, 0.1) is 38.0 Å². The Morgan fingerprint density at radius 1 is 0.400 bits per heavy atom. The van der Waals surface area contributed by atoms with Crippen molar-refractivity contribution in [1.29, 1.82) is 0 Å². The second kappa shape index (κ2) is 11.7. The minimum absolute atomic E-state index is 0.706. The Morgan fingerprint density at radius 3 is 1.76 bits per heavy atom. The van der Waals surface area contributed by atoms with Gasteiger partial charge in [-0.15, -0.1) is 11.3 Å². The summed E-state index contributed by atoms with van der Waals surface area (Å²) in [4.78, 5) is 10.4. The molecule has 4 aromatic heterocycles. The summed E-state index contributed by atoms with van der Waals surface area (Å²) in [5.41, 5.74) is 10.9. The molecule has 0 aliphatic heterocycles. The van der Waals surface area contributed by atoms with Crippen molar-refractivity contribution in [3.63, 3.8) is 0 Å². The molecule has 12 aromatic rings. The highest BCUT2D eigenvalue weighted by Crippen LogP contribution is 2.51. The summed E-state index contributed by atoms with van der Waals surface area (Å²) in [6, 6.07) is 65.0. The van der Waals surface area contributed by atoms with Crippen molar-refractivity contribution >= 4 is 86.0 Å². The fourth-order valence-electron chi connectivity index (χ4n) is 8.80. The van der Waals surface area contributed by atoms with Crippen molar-refractivity contribution in [2.24, 2.45) is 0 Å². The van der Waals surface area contributed by atoms with Gasteiger partial charge in [-0.2, -0.15) is 0 Å². The maximum atomic E-state index is 5.26. The quantitative estimate of drug-likeness (QED) is 0.182. The monoisotopic (exact) mass is 718 g/mol. The van der Waals surface area contributed by atoms with Gasteiger partial charge in [0.25, 0.3) is 0 Å². The van der Waals surface area contributed by atoms with Gasteiger partial charge in [-0.1, -0.05) is 133 Å². The molecule has 0 radical (unpaired) electrons. The van der Waals surface area contributed by atoms with Crippen molar-refractivity contribution in [3.8, 4) is 34.0 Å². The fraction of sp³-hybridized carbons (Fsp3) is 0. The molecule has 55 heavy (non-hydrogen) atoms. The first-order chi connectivity index (χ1) is 27.3. The van der Waals surface area contributed by atoms with E-state index in [1.54, 1.807) is 0 Å². The highest BCUT2D eigenvalue weighted by Gasteiger charge is 2.26. The van der Waals surface area contributed by atoms with Crippen LogP contribution in [0.3, 0.4) is 0 Å².